The molecule has 0 amide bonds. The van der Waals surface area contributed by atoms with E-state index >= 15 is 0 Å². The summed E-state index contributed by atoms with van der Waals surface area (Å²) in [6.07, 6.45) is 4.73. The molecule has 2 aromatic heterocycles. The molecule has 1 aliphatic carbocycles. The average Bonchev–Trinajstić information content (AvgIpc) is 3.15. The average molecular weight is 318 g/mol. The summed E-state index contributed by atoms with van der Waals surface area (Å²) >= 11 is 0. The Morgan fingerprint density at radius 3 is 3.00 bits per heavy atom. The minimum atomic E-state index is 0.445. The SMILES string of the molecule is Cc1nc(CN2CCC[C@H](NCc3nnnn3C3CC3)C2)no1. The summed E-state index contributed by atoms with van der Waals surface area (Å²) in [5, 5.41) is 19.6. The third-order valence-electron chi connectivity index (χ3n) is 4.44. The van der Waals surface area contributed by atoms with Gasteiger partial charge in [0, 0.05) is 19.5 Å². The Labute approximate surface area is 134 Å². The van der Waals surface area contributed by atoms with E-state index in [0.29, 0.717) is 18.0 Å². The van der Waals surface area contributed by atoms with Gasteiger partial charge < -0.3 is 9.84 Å². The van der Waals surface area contributed by atoms with Gasteiger partial charge in [-0.2, -0.15) is 4.98 Å². The molecule has 124 valence electrons. The molecule has 0 radical (unpaired) electrons. The van der Waals surface area contributed by atoms with Gasteiger partial charge in [0.05, 0.1) is 19.1 Å². The zero-order valence-electron chi connectivity index (χ0n) is 13.4. The van der Waals surface area contributed by atoms with Gasteiger partial charge in [0.2, 0.25) is 5.89 Å². The molecule has 0 aromatic carbocycles. The molecule has 0 unspecified atom stereocenters. The van der Waals surface area contributed by atoms with Crippen LogP contribution in [0.4, 0.5) is 0 Å². The van der Waals surface area contributed by atoms with Crippen LogP contribution in [0.1, 0.15) is 49.3 Å². The predicted octanol–water partition coefficient (Wildman–Crippen LogP) is 0.454. The Kier molecular flexibility index (Phi) is 4.04. The zero-order chi connectivity index (χ0) is 15.6. The predicted molar refractivity (Wildman–Crippen MR) is 80.3 cm³/mol. The topological polar surface area (TPSA) is 97.8 Å². The molecule has 0 spiro atoms. The second-order valence-electron chi connectivity index (χ2n) is 6.46. The van der Waals surface area contributed by atoms with E-state index in [4.69, 9.17) is 4.52 Å². The van der Waals surface area contributed by atoms with E-state index in [9.17, 15) is 0 Å². The summed E-state index contributed by atoms with van der Waals surface area (Å²) in [5.74, 6) is 2.33. The number of nitrogens with one attached hydrogen (secondary N) is 1. The molecule has 1 saturated heterocycles. The summed E-state index contributed by atoms with van der Waals surface area (Å²) in [7, 11) is 0. The molecule has 23 heavy (non-hydrogen) atoms. The molecule has 1 atom stereocenters. The van der Waals surface area contributed by atoms with Crippen molar-refractivity contribution in [2.45, 2.75) is 57.8 Å². The number of aryl methyl sites for hydroxylation is 1. The number of likely N-dealkylation sites (tertiary alicyclic amines) is 1. The van der Waals surface area contributed by atoms with Crippen LogP contribution in [0, 0.1) is 6.92 Å². The molecular formula is C14H22N8O. The second kappa shape index (κ2) is 6.32. The van der Waals surface area contributed by atoms with Crippen LogP contribution in [0.2, 0.25) is 0 Å². The van der Waals surface area contributed by atoms with E-state index in [2.05, 4.69) is 35.9 Å². The van der Waals surface area contributed by atoms with Crippen molar-refractivity contribution in [1.82, 2.24) is 40.6 Å². The number of aromatic nitrogens is 6. The maximum Gasteiger partial charge on any atom is 0.223 e. The first-order valence-corrected chi connectivity index (χ1v) is 8.29. The Bertz CT molecular complexity index is 649. The molecule has 3 heterocycles. The van der Waals surface area contributed by atoms with Crippen LogP contribution in [0.25, 0.3) is 0 Å². The molecule has 2 aromatic rings. The van der Waals surface area contributed by atoms with Gasteiger partial charge in [-0.05, 0) is 42.7 Å². The monoisotopic (exact) mass is 318 g/mol. The van der Waals surface area contributed by atoms with Crippen molar-refractivity contribution in [3.63, 3.8) is 0 Å². The lowest BCUT2D eigenvalue weighted by Crippen LogP contribution is -2.45. The largest absolute Gasteiger partial charge is 0.340 e. The highest BCUT2D eigenvalue weighted by Gasteiger charge is 2.28. The van der Waals surface area contributed by atoms with Crippen molar-refractivity contribution in [1.29, 1.82) is 0 Å². The number of hydrogen-bond acceptors (Lipinski definition) is 8. The Morgan fingerprint density at radius 1 is 1.30 bits per heavy atom. The van der Waals surface area contributed by atoms with Crippen LogP contribution >= 0.6 is 0 Å². The van der Waals surface area contributed by atoms with Gasteiger partial charge in [0.15, 0.2) is 11.6 Å². The number of nitrogens with zero attached hydrogens (tertiary/aromatic N) is 7. The lowest BCUT2D eigenvalue weighted by molar-refractivity contribution is 0.176. The Morgan fingerprint density at radius 2 is 2.22 bits per heavy atom. The molecule has 1 N–H and O–H groups in total. The summed E-state index contributed by atoms with van der Waals surface area (Å²) < 4.78 is 7.01. The first kappa shape index (κ1) is 14.7. The van der Waals surface area contributed by atoms with Crippen molar-refractivity contribution >= 4 is 0 Å². The summed E-state index contributed by atoms with van der Waals surface area (Å²) in [6.45, 7) is 5.35. The molecule has 9 nitrogen and oxygen atoms in total. The molecule has 2 aliphatic rings. The number of tetrazole rings is 1. The fraction of sp³-hybridized carbons (Fsp3) is 0.786. The smallest absolute Gasteiger partial charge is 0.223 e. The van der Waals surface area contributed by atoms with Crippen molar-refractivity contribution in [3.05, 3.63) is 17.5 Å². The lowest BCUT2D eigenvalue weighted by atomic mass is 10.1. The van der Waals surface area contributed by atoms with E-state index in [0.717, 1.165) is 37.8 Å². The van der Waals surface area contributed by atoms with E-state index in [-0.39, 0.29) is 0 Å². The zero-order valence-corrected chi connectivity index (χ0v) is 13.4. The normalized spacial score (nSPS) is 22.6. The Balaban J connectivity index is 1.29. The quantitative estimate of drug-likeness (QED) is 0.820. The van der Waals surface area contributed by atoms with Gasteiger partial charge in [-0.1, -0.05) is 5.16 Å². The second-order valence-corrected chi connectivity index (χ2v) is 6.46. The summed E-state index contributed by atoms with van der Waals surface area (Å²) in [6, 6.07) is 0.965. The highest BCUT2D eigenvalue weighted by atomic mass is 16.5. The van der Waals surface area contributed by atoms with Crippen molar-refractivity contribution in [3.8, 4) is 0 Å². The molecular weight excluding hydrogens is 296 g/mol. The fourth-order valence-corrected chi connectivity index (χ4v) is 3.14. The lowest BCUT2D eigenvalue weighted by Gasteiger charge is -2.32. The van der Waals surface area contributed by atoms with Crippen molar-refractivity contribution in [2.24, 2.45) is 0 Å². The molecule has 0 bridgehead atoms. The van der Waals surface area contributed by atoms with Crippen LogP contribution in [0.15, 0.2) is 4.52 Å². The molecule has 1 aliphatic heterocycles. The van der Waals surface area contributed by atoms with Crippen LogP contribution in [-0.4, -0.2) is 54.4 Å². The Hall–Kier alpha value is -1.87. The van der Waals surface area contributed by atoms with Gasteiger partial charge in [-0.3, -0.25) is 4.90 Å². The highest BCUT2D eigenvalue weighted by molar-refractivity contribution is 4.92. The maximum absolute atomic E-state index is 5.04. The van der Waals surface area contributed by atoms with E-state index in [1.807, 2.05) is 11.6 Å². The van der Waals surface area contributed by atoms with Gasteiger partial charge in [0.25, 0.3) is 0 Å². The van der Waals surface area contributed by atoms with E-state index in [1.54, 1.807) is 0 Å². The molecule has 9 heteroatoms. The highest BCUT2D eigenvalue weighted by Crippen LogP contribution is 2.34. The van der Waals surface area contributed by atoms with Crippen LogP contribution in [0.5, 0.6) is 0 Å². The van der Waals surface area contributed by atoms with Crippen molar-refractivity contribution in [2.75, 3.05) is 13.1 Å². The number of piperidine rings is 1. The third kappa shape index (κ3) is 3.56. The minimum absolute atomic E-state index is 0.445. The van der Waals surface area contributed by atoms with Gasteiger partial charge in [-0.15, -0.1) is 5.10 Å². The van der Waals surface area contributed by atoms with Gasteiger partial charge in [0.1, 0.15) is 0 Å². The van der Waals surface area contributed by atoms with Gasteiger partial charge >= 0.3 is 0 Å². The van der Waals surface area contributed by atoms with E-state index in [1.165, 1.54) is 25.7 Å². The number of hydrogen-bond donors (Lipinski definition) is 1. The molecule has 4 rings (SSSR count). The minimum Gasteiger partial charge on any atom is -0.340 e. The molecule has 2 fully saturated rings. The first-order chi connectivity index (χ1) is 11.3. The van der Waals surface area contributed by atoms with Crippen molar-refractivity contribution < 1.29 is 4.52 Å². The standard InChI is InChI=1S/C14H22N8O/c1-10-16-13(18-23-10)9-21-6-2-3-11(8-21)15-7-14-17-19-20-22(14)12-4-5-12/h11-12,15H,2-9H2,1H3/t11-/m0/s1. The summed E-state index contributed by atoms with van der Waals surface area (Å²) in [5.41, 5.74) is 0. The summed E-state index contributed by atoms with van der Waals surface area (Å²) in [4.78, 5) is 6.66. The molecule has 1 saturated carbocycles. The van der Waals surface area contributed by atoms with Crippen LogP contribution in [0.3, 0.4) is 0 Å². The van der Waals surface area contributed by atoms with Gasteiger partial charge in [-0.25, -0.2) is 4.68 Å². The van der Waals surface area contributed by atoms with E-state index < -0.39 is 0 Å². The first-order valence-electron chi connectivity index (χ1n) is 8.29. The maximum atomic E-state index is 5.04. The third-order valence-corrected chi connectivity index (χ3v) is 4.44. The number of rotatable bonds is 6. The fourth-order valence-electron chi connectivity index (χ4n) is 3.14. The van der Waals surface area contributed by atoms with Crippen LogP contribution in [-0.2, 0) is 13.1 Å². The van der Waals surface area contributed by atoms with Crippen LogP contribution < -0.4 is 5.32 Å².